The first-order valence-corrected chi connectivity index (χ1v) is 9.38. The molecule has 0 saturated heterocycles. The van der Waals surface area contributed by atoms with Gasteiger partial charge in [0.15, 0.2) is 0 Å². The zero-order valence-electron chi connectivity index (χ0n) is 13.1. The van der Waals surface area contributed by atoms with Gasteiger partial charge in [0, 0.05) is 18.9 Å². The Bertz CT molecular complexity index is 744. The minimum atomic E-state index is -0.300. The van der Waals surface area contributed by atoms with Crippen LogP contribution in [-0.4, -0.2) is 39.2 Å². The van der Waals surface area contributed by atoms with E-state index in [-0.39, 0.29) is 17.7 Å². The molecule has 124 valence electrons. The van der Waals surface area contributed by atoms with E-state index in [1.54, 1.807) is 12.4 Å². The summed E-state index contributed by atoms with van der Waals surface area (Å²) < 4.78 is 0. The van der Waals surface area contributed by atoms with Crippen molar-refractivity contribution < 1.29 is 9.59 Å². The molecule has 0 bridgehead atoms. The lowest BCUT2D eigenvalue weighted by Gasteiger charge is -2.12. The van der Waals surface area contributed by atoms with Gasteiger partial charge in [0.2, 0.25) is 5.91 Å². The number of nitrogens with one attached hydrogen (secondary N) is 1. The molecule has 2 amide bonds. The molecular formula is C16H16N4O2S2. The number of fused-ring (bicyclic) bond motifs is 1. The van der Waals surface area contributed by atoms with E-state index in [1.165, 1.54) is 23.5 Å². The van der Waals surface area contributed by atoms with Gasteiger partial charge >= 0.3 is 0 Å². The van der Waals surface area contributed by atoms with Gasteiger partial charge in [-0.2, -0.15) is 4.99 Å². The van der Waals surface area contributed by atoms with E-state index in [0.717, 1.165) is 15.5 Å². The predicted molar refractivity (Wildman–Crippen MR) is 98.1 cm³/mol. The zero-order chi connectivity index (χ0) is 16.9. The standard InChI is InChI=1S/C16H16N4O2S2/c1-10-5-12-15(22)19-13(20-16(12)24-10)8-23-9-14(21)18-7-11-3-2-4-17-6-11/h2-6,12H,7-9H2,1H3,(H,18,21). The number of rotatable bonds is 6. The van der Waals surface area contributed by atoms with Crippen molar-refractivity contribution in [3.8, 4) is 0 Å². The fourth-order valence-corrected chi connectivity index (χ4v) is 3.92. The highest BCUT2D eigenvalue weighted by molar-refractivity contribution is 8.17. The van der Waals surface area contributed by atoms with Crippen LogP contribution in [0.2, 0.25) is 0 Å². The van der Waals surface area contributed by atoms with Crippen LogP contribution in [0.5, 0.6) is 0 Å². The molecule has 24 heavy (non-hydrogen) atoms. The minimum absolute atomic E-state index is 0.0649. The van der Waals surface area contributed by atoms with Crippen molar-refractivity contribution in [2.45, 2.75) is 13.5 Å². The van der Waals surface area contributed by atoms with Crippen LogP contribution >= 0.6 is 23.5 Å². The number of hydrogen-bond donors (Lipinski definition) is 1. The number of carbonyl (C=O) groups is 2. The smallest absolute Gasteiger partial charge is 0.261 e. The Balaban J connectivity index is 1.43. The number of amides is 2. The van der Waals surface area contributed by atoms with E-state index < -0.39 is 0 Å². The van der Waals surface area contributed by atoms with E-state index in [4.69, 9.17) is 0 Å². The molecule has 1 atom stereocenters. The van der Waals surface area contributed by atoms with E-state index in [9.17, 15) is 9.59 Å². The van der Waals surface area contributed by atoms with Crippen molar-refractivity contribution in [3.63, 3.8) is 0 Å². The molecule has 0 fully saturated rings. The van der Waals surface area contributed by atoms with E-state index in [0.29, 0.717) is 23.9 Å². The molecule has 8 heteroatoms. The van der Waals surface area contributed by atoms with Crippen LogP contribution in [0.1, 0.15) is 12.5 Å². The number of aliphatic imine (C=N–C) groups is 2. The lowest BCUT2D eigenvalue weighted by atomic mass is 10.1. The Morgan fingerprint density at radius 1 is 1.42 bits per heavy atom. The molecule has 0 aromatic carbocycles. The third-order valence-corrected chi connectivity index (χ3v) is 5.30. The largest absolute Gasteiger partial charge is 0.351 e. The monoisotopic (exact) mass is 360 g/mol. The molecule has 3 heterocycles. The second kappa shape index (κ2) is 7.76. The van der Waals surface area contributed by atoms with Crippen molar-refractivity contribution in [2.75, 3.05) is 11.5 Å². The zero-order valence-corrected chi connectivity index (χ0v) is 14.7. The number of nitrogens with zero attached hydrogens (tertiary/aromatic N) is 3. The van der Waals surface area contributed by atoms with E-state index in [2.05, 4.69) is 20.3 Å². The second-order valence-corrected chi connectivity index (χ2v) is 7.56. The van der Waals surface area contributed by atoms with Gasteiger partial charge in [-0.3, -0.25) is 14.6 Å². The Morgan fingerprint density at radius 3 is 3.08 bits per heavy atom. The van der Waals surface area contributed by atoms with Crippen LogP contribution in [0.15, 0.2) is 45.5 Å². The summed E-state index contributed by atoms with van der Waals surface area (Å²) in [5.41, 5.74) is 0.955. The summed E-state index contributed by atoms with van der Waals surface area (Å²) in [6.45, 7) is 2.41. The highest BCUT2D eigenvalue weighted by Crippen LogP contribution is 2.34. The second-order valence-electron chi connectivity index (χ2n) is 5.30. The molecule has 0 aliphatic carbocycles. The summed E-state index contributed by atoms with van der Waals surface area (Å²) in [6.07, 6.45) is 5.31. The molecule has 1 N–H and O–H groups in total. The van der Waals surface area contributed by atoms with Crippen molar-refractivity contribution >= 4 is 46.2 Å². The van der Waals surface area contributed by atoms with Gasteiger partial charge in [0.25, 0.3) is 5.91 Å². The number of carbonyl (C=O) groups excluding carboxylic acids is 2. The summed E-state index contributed by atoms with van der Waals surface area (Å²) in [6, 6.07) is 3.74. The normalized spacial score (nSPS) is 19.3. The minimum Gasteiger partial charge on any atom is -0.351 e. The fourth-order valence-electron chi connectivity index (χ4n) is 2.24. The van der Waals surface area contributed by atoms with Crippen LogP contribution in [0, 0.1) is 5.92 Å². The quantitative estimate of drug-likeness (QED) is 0.839. The van der Waals surface area contributed by atoms with Crippen LogP contribution < -0.4 is 5.32 Å². The topological polar surface area (TPSA) is 83.8 Å². The van der Waals surface area contributed by atoms with Crippen molar-refractivity contribution in [2.24, 2.45) is 15.9 Å². The Labute approximate surface area is 148 Å². The molecule has 3 rings (SSSR count). The lowest BCUT2D eigenvalue weighted by Crippen LogP contribution is -2.26. The summed E-state index contributed by atoms with van der Waals surface area (Å²) in [7, 11) is 0. The lowest BCUT2D eigenvalue weighted by molar-refractivity contribution is -0.119. The maximum absolute atomic E-state index is 12.0. The number of allylic oxidation sites excluding steroid dienone is 1. The van der Waals surface area contributed by atoms with Gasteiger partial charge in [-0.1, -0.05) is 23.9 Å². The number of amidine groups is 1. The first kappa shape index (κ1) is 16.9. The summed E-state index contributed by atoms with van der Waals surface area (Å²) in [5, 5.41) is 3.63. The molecular weight excluding hydrogens is 344 g/mol. The van der Waals surface area contributed by atoms with Gasteiger partial charge in [-0.05, 0) is 23.5 Å². The first-order valence-electron chi connectivity index (χ1n) is 7.41. The molecule has 1 aromatic heterocycles. The highest BCUT2D eigenvalue weighted by atomic mass is 32.2. The number of aromatic nitrogens is 1. The maximum atomic E-state index is 12.0. The summed E-state index contributed by atoms with van der Waals surface area (Å²) in [5.74, 6) is 0.706. The van der Waals surface area contributed by atoms with Crippen LogP contribution in [0.3, 0.4) is 0 Å². The Hall–Kier alpha value is -1.93. The van der Waals surface area contributed by atoms with Gasteiger partial charge in [0.1, 0.15) is 11.8 Å². The average molecular weight is 360 g/mol. The molecule has 2 aliphatic rings. The molecule has 0 radical (unpaired) electrons. The highest BCUT2D eigenvalue weighted by Gasteiger charge is 2.32. The third-order valence-electron chi connectivity index (χ3n) is 3.35. The van der Waals surface area contributed by atoms with Gasteiger partial charge in [-0.25, -0.2) is 4.99 Å². The SMILES string of the molecule is CC1=CC2C(=O)N=C(CSCC(=O)NCc3cccnc3)N=C2S1. The van der Waals surface area contributed by atoms with Crippen LogP contribution in [0.4, 0.5) is 0 Å². The molecule has 0 spiro atoms. The Morgan fingerprint density at radius 2 is 2.29 bits per heavy atom. The van der Waals surface area contributed by atoms with E-state index >= 15 is 0 Å². The maximum Gasteiger partial charge on any atom is 0.261 e. The van der Waals surface area contributed by atoms with Gasteiger partial charge in [-0.15, -0.1) is 11.8 Å². The number of thioether (sulfide) groups is 2. The van der Waals surface area contributed by atoms with Crippen LogP contribution in [0.25, 0.3) is 0 Å². The molecule has 2 aliphatic heterocycles. The molecule has 6 nitrogen and oxygen atoms in total. The summed E-state index contributed by atoms with van der Waals surface area (Å²) >= 11 is 2.91. The molecule has 0 saturated carbocycles. The van der Waals surface area contributed by atoms with Gasteiger partial charge < -0.3 is 5.32 Å². The molecule has 1 unspecified atom stereocenters. The Kier molecular flexibility index (Phi) is 5.47. The van der Waals surface area contributed by atoms with Crippen LogP contribution in [-0.2, 0) is 16.1 Å². The van der Waals surface area contributed by atoms with Gasteiger partial charge in [0.05, 0.1) is 16.5 Å². The average Bonchev–Trinajstić information content (AvgIpc) is 2.95. The van der Waals surface area contributed by atoms with Crippen molar-refractivity contribution in [1.82, 2.24) is 10.3 Å². The van der Waals surface area contributed by atoms with E-state index in [1.807, 2.05) is 25.1 Å². The molecule has 1 aromatic rings. The number of hydrogen-bond acceptors (Lipinski definition) is 6. The fraction of sp³-hybridized carbons (Fsp3) is 0.312. The third kappa shape index (κ3) is 4.33. The first-order chi connectivity index (χ1) is 11.6. The predicted octanol–water partition coefficient (Wildman–Crippen LogP) is 2.04. The number of pyridine rings is 1. The van der Waals surface area contributed by atoms with Crippen molar-refractivity contribution in [3.05, 3.63) is 41.1 Å². The van der Waals surface area contributed by atoms with Crippen molar-refractivity contribution in [1.29, 1.82) is 0 Å². The summed E-state index contributed by atoms with van der Waals surface area (Å²) in [4.78, 5) is 37.3.